The molecule has 0 spiro atoms. The lowest BCUT2D eigenvalue weighted by atomic mass is 10.1. The third kappa shape index (κ3) is 2.25. The maximum atomic E-state index is 5.95. The number of rotatable bonds is 3. The van der Waals surface area contributed by atoms with Gasteiger partial charge in [0, 0.05) is 6.07 Å². The fraction of sp³-hybridized carbons (Fsp3) is 0.308. The number of methoxy groups -OCH3 is 1. The second kappa shape index (κ2) is 4.49. The zero-order valence-corrected chi connectivity index (χ0v) is 10.3. The van der Waals surface area contributed by atoms with Crippen LogP contribution in [0.1, 0.15) is 25.5 Å². The lowest BCUT2D eigenvalue weighted by Crippen LogP contribution is -2.02. The summed E-state index contributed by atoms with van der Waals surface area (Å²) in [5, 5.41) is 4.49. The standard InChI is InChI=1S/C13H17N3O/c1-9(2)12-8-13(14)16(15-12)10-4-6-11(17-3)7-5-10/h4-9H,14H2,1-3H3. The van der Waals surface area contributed by atoms with E-state index in [9.17, 15) is 0 Å². The van der Waals surface area contributed by atoms with Gasteiger partial charge in [-0.05, 0) is 30.2 Å². The zero-order valence-electron chi connectivity index (χ0n) is 10.3. The molecule has 0 radical (unpaired) electrons. The molecule has 1 heterocycles. The second-order valence-electron chi connectivity index (χ2n) is 4.26. The molecular weight excluding hydrogens is 214 g/mol. The fourth-order valence-electron chi connectivity index (χ4n) is 1.63. The van der Waals surface area contributed by atoms with Gasteiger partial charge < -0.3 is 10.5 Å². The molecule has 0 bridgehead atoms. The molecule has 0 fully saturated rings. The van der Waals surface area contributed by atoms with Gasteiger partial charge in [-0.1, -0.05) is 13.8 Å². The molecule has 2 rings (SSSR count). The van der Waals surface area contributed by atoms with Gasteiger partial charge in [-0.3, -0.25) is 0 Å². The number of aromatic nitrogens is 2. The van der Waals surface area contributed by atoms with Crippen LogP contribution >= 0.6 is 0 Å². The highest BCUT2D eigenvalue weighted by atomic mass is 16.5. The Hall–Kier alpha value is -1.97. The van der Waals surface area contributed by atoms with Crippen LogP contribution in [0.15, 0.2) is 30.3 Å². The lowest BCUT2D eigenvalue weighted by Gasteiger charge is -2.05. The monoisotopic (exact) mass is 231 g/mol. The molecule has 0 saturated carbocycles. The van der Waals surface area contributed by atoms with Crippen molar-refractivity contribution in [2.24, 2.45) is 0 Å². The molecule has 4 heteroatoms. The fourth-order valence-corrected chi connectivity index (χ4v) is 1.63. The SMILES string of the molecule is COc1ccc(-n2nc(C(C)C)cc2N)cc1. The minimum atomic E-state index is 0.372. The summed E-state index contributed by atoms with van der Waals surface area (Å²) in [6, 6.07) is 9.57. The van der Waals surface area contributed by atoms with Crippen molar-refractivity contribution < 1.29 is 4.74 Å². The van der Waals surface area contributed by atoms with Gasteiger partial charge in [0.05, 0.1) is 18.5 Å². The first kappa shape index (κ1) is 11.5. The van der Waals surface area contributed by atoms with Crippen LogP contribution in [0.4, 0.5) is 5.82 Å². The van der Waals surface area contributed by atoms with Gasteiger partial charge in [-0.25, -0.2) is 4.68 Å². The number of ether oxygens (including phenoxy) is 1. The third-order valence-corrected chi connectivity index (χ3v) is 2.66. The van der Waals surface area contributed by atoms with Gasteiger partial charge in [-0.2, -0.15) is 5.10 Å². The van der Waals surface area contributed by atoms with Gasteiger partial charge in [0.15, 0.2) is 0 Å². The Kier molecular flexibility index (Phi) is 3.04. The first-order valence-electron chi connectivity index (χ1n) is 5.61. The van der Waals surface area contributed by atoms with Crippen molar-refractivity contribution in [3.8, 4) is 11.4 Å². The molecule has 0 atom stereocenters. The van der Waals surface area contributed by atoms with Gasteiger partial charge >= 0.3 is 0 Å². The van der Waals surface area contributed by atoms with Crippen LogP contribution in [-0.4, -0.2) is 16.9 Å². The molecular formula is C13H17N3O. The molecule has 0 unspecified atom stereocenters. The van der Waals surface area contributed by atoms with Gasteiger partial charge in [0.2, 0.25) is 0 Å². The first-order chi connectivity index (χ1) is 8.11. The van der Waals surface area contributed by atoms with E-state index in [2.05, 4.69) is 18.9 Å². The number of benzene rings is 1. The van der Waals surface area contributed by atoms with Crippen LogP contribution < -0.4 is 10.5 Å². The number of nitrogen functional groups attached to an aromatic ring is 1. The summed E-state index contributed by atoms with van der Waals surface area (Å²) in [7, 11) is 1.65. The Bertz CT molecular complexity index is 500. The zero-order chi connectivity index (χ0) is 12.4. The van der Waals surface area contributed by atoms with Crippen molar-refractivity contribution in [2.45, 2.75) is 19.8 Å². The average Bonchev–Trinajstić information content (AvgIpc) is 2.72. The van der Waals surface area contributed by atoms with Crippen LogP contribution in [0.2, 0.25) is 0 Å². The van der Waals surface area contributed by atoms with E-state index in [0.29, 0.717) is 11.7 Å². The van der Waals surface area contributed by atoms with E-state index in [4.69, 9.17) is 10.5 Å². The van der Waals surface area contributed by atoms with Crippen molar-refractivity contribution in [2.75, 3.05) is 12.8 Å². The molecule has 0 aliphatic carbocycles. The van der Waals surface area contributed by atoms with Crippen molar-refractivity contribution in [1.82, 2.24) is 9.78 Å². The van der Waals surface area contributed by atoms with Crippen molar-refractivity contribution in [3.63, 3.8) is 0 Å². The summed E-state index contributed by atoms with van der Waals surface area (Å²) < 4.78 is 6.86. The molecule has 4 nitrogen and oxygen atoms in total. The smallest absolute Gasteiger partial charge is 0.127 e. The quantitative estimate of drug-likeness (QED) is 0.883. The Morgan fingerprint density at radius 2 is 1.88 bits per heavy atom. The maximum absolute atomic E-state index is 5.95. The summed E-state index contributed by atoms with van der Waals surface area (Å²) in [6.45, 7) is 4.19. The topological polar surface area (TPSA) is 53.1 Å². The largest absolute Gasteiger partial charge is 0.497 e. The van der Waals surface area contributed by atoms with Gasteiger partial charge in [0.1, 0.15) is 11.6 Å². The van der Waals surface area contributed by atoms with Crippen LogP contribution in [0.5, 0.6) is 5.75 Å². The van der Waals surface area contributed by atoms with Crippen LogP contribution in [0.3, 0.4) is 0 Å². The number of anilines is 1. The molecule has 1 aromatic heterocycles. The van der Waals surface area contributed by atoms with Crippen LogP contribution in [0, 0.1) is 0 Å². The van der Waals surface area contributed by atoms with E-state index in [1.165, 1.54) is 0 Å². The first-order valence-corrected chi connectivity index (χ1v) is 5.61. The highest BCUT2D eigenvalue weighted by molar-refractivity contribution is 5.45. The van der Waals surface area contributed by atoms with Crippen molar-refractivity contribution in [1.29, 1.82) is 0 Å². The Morgan fingerprint density at radius 1 is 1.24 bits per heavy atom. The summed E-state index contributed by atoms with van der Waals surface area (Å²) >= 11 is 0. The van der Waals surface area contributed by atoms with Crippen LogP contribution in [0.25, 0.3) is 5.69 Å². The molecule has 17 heavy (non-hydrogen) atoms. The van der Waals surface area contributed by atoms with E-state index in [1.54, 1.807) is 11.8 Å². The molecule has 0 aliphatic rings. The molecule has 0 saturated heterocycles. The molecule has 90 valence electrons. The van der Waals surface area contributed by atoms with Crippen molar-refractivity contribution >= 4 is 5.82 Å². The summed E-state index contributed by atoms with van der Waals surface area (Å²) in [4.78, 5) is 0. The predicted molar refractivity (Wildman–Crippen MR) is 68.6 cm³/mol. The number of nitrogens with two attached hydrogens (primary N) is 1. The van der Waals surface area contributed by atoms with E-state index in [-0.39, 0.29) is 0 Å². The lowest BCUT2D eigenvalue weighted by molar-refractivity contribution is 0.414. The van der Waals surface area contributed by atoms with E-state index >= 15 is 0 Å². The normalized spacial score (nSPS) is 10.8. The minimum Gasteiger partial charge on any atom is -0.497 e. The van der Waals surface area contributed by atoms with E-state index in [1.807, 2.05) is 30.3 Å². The van der Waals surface area contributed by atoms with E-state index < -0.39 is 0 Å². The Morgan fingerprint density at radius 3 is 2.35 bits per heavy atom. The molecule has 1 aromatic carbocycles. The highest BCUT2D eigenvalue weighted by Gasteiger charge is 2.09. The average molecular weight is 231 g/mol. The summed E-state index contributed by atoms with van der Waals surface area (Å²) in [5.41, 5.74) is 7.89. The molecule has 0 amide bonds. The maximum Gasteiger partial charge on any atom is 0.127 e. The third-order valence-electron chi connectivity index (χ3n) is 2.66. The molecule has 2 aromatic rings. The highest BCUT2D eigenvalue weighted by Crippen LogP contribution is 2.21. The van der Waals surface area contributed by atoms with E-state index in [0.717, 1.165) is 17.1 Å². The molecule has 2 N–H and O–H groups in total. The number of nitrogens with zero attached hydrogens (tertiary/aromatic N) is 2. The molecule has 0 aliphatic heterocycles. The van der Waals surface area contributed by atoms with Gasteiger partial charge in [-0.15, -0.1) is 0 Å². The Balaban J connectivity index is 2.38. The van der Waals surface area contributed by atoms with Crippen molar-refractivity contribution in [3.05, 3.63) is 36.0 Å². The minimum absolute atomic E-state index is 0.372. The Labute approximate surface area is 101 Å². The van der Waals surface area contributed by atoms with Crippen LogP contribution in [-0.2, 0) is 0 Å². The second-order valence-corrected chi connectivity index (χ2v) is 4.26. The summed E-state index contributed by atoms with van der Waals surface area (Å²) in [6.07, 6.45) is 0. The predicted octanol–water partition coefficient (Wildman–Crippen LogP) is 2.59. The number of hydrogen-bond donors (Lipinski definition) is 1. The number of hydrogen-bond acceptors (Lipinski definition) is 3. The summed E-state index contributed by atoms with van der Waals surface area (Å²) in [5.74, 6) is 1.85. The van der Waals surface area contributed by atoms with Gasteiger partial charge in [0.25, 0.3) is 0 Å².